The molecule has 24 heavy (non-hydrogen) atoms. The van der Waals surface area contributed by atoms with Crippen molar-refractivity contribution in [3.63, 3.8) is 0 Å². The van der Waals surface area contributed by atoms with Crippen molar-refractivity contribution in [1.82, 2.24) is 15.2 Å². The summed E-state index contributed by atoms with van der Waals surface area (Å²) < 4.78 is 27.3. The van der Waals surface area contributed by atoms with E-state index in [1.54, 1.807) is 18.2 Å². The van der Waals surface area contributed by atoms with Gasteiger partial charge in [0.2, 0.25) is 5.95 Å². The molecule has 2 aromatic carbocycles. The van der Waals surface area contributed by atoms with Gasteiger partial charge in [0.1, 0.15) is 17.3 Å². The molecule has 2 N–H and O–H groups in total. The van der Waals surface area contributed by atoms with E-state index in [1.165, 1.54) is 12.3 Å². The van der Waals surface area contributed by atoms with Crippen LogP contribution in [-0.4, -0.2) is 15.2 Å². The van der Waals surface area contributed by atoms with Gasteiger partial charge in [0, 0.05) is 0 Å². The number of benzene rings is 2. The smallest absolute Gasteiger partial charge is 0.249 e. The summed E-state index contributed by atoms with van der Waals surface area (Å²) in [6.07, 6.45) is 1.33. The van der Waals surface area contributed by atoms with Crippen LogP contribution >= 0.6 is 23.2 Å². The second-order valence-corrected chi connectivity index (χ2v) is 5.40. The number of anilines is 4. The summed E-state index contributed by atoms with van der Waals surface area (Å²) in [5, 5.41) is 13.5. The van der Waals surface area contributed by atoms with E-state index in [4.69, 9.17) is 23.2 Å². The Labute approximate surface area is 145 Å². The van der Waals surface area contributed by atoms with Gasteiger partial charge in [-0.25, -0.2) is 8.78 Å². The molecule has 3 aromatic rings. The van der Waals surface area contributed by atoms with Crippen molar-refractivity contribution in [2.24, 2.45) is 0 Å². The highest BCUT2D eigenvalue weighted by Crippen LogP contribution is 2.31. The minimum Gasteiger partial charge on any atom is -0.338 e. The summed E-state index contributed by atoms with van der Waals surface area (Å²) in [7, 11) is 0. The lowest BCUT2D eigenvalue weighted by molar-refractivity contribution is 0.590. The maximum atomic E-state index is 13.7. The molecule has 1 aromatic heterocycles. The molecule has 0 bridgehead atoms. The first-order valence-electron chi connectivity index (χ1n) is 6.66. The highest BCUT2D eigenvalue weighted by atomic mass is 35.5. The zero-order chi connectivity index (χ0) is 17.1. The van der Waals surface area contributed by atoms with Crippen LogP contribution in [0.5, 0.6) is 0 Å². The molecule has 0 aliphatic carbocycles. The number of nitrogens with one attached hydrogen (secondary N) is 2. The minimum atomic E-state index is -0.769. The quantitative estimate of drug-likeness (QED) is 0.683. The lowest BCUT2D eigenvalue weighted by Gasteiger charge is -2.10. The van der Waals surface area contributed by atoms with Crippen LogP contribution in [0.2, 0.25) is 10.0 Å². The van der Waals surface area contributed by atoms with E-state index in [1.807, 2.05) is 0 Å². The fraction of sp³-hybridized carbons (Fsp3) is 0. The summed E-state index contributed by atoms with van der Waals surface area (Å²) in [6, 6.07) is 8.54. The van der Waals surface area contributed by atoms with E-state index >= 15 is 0 Å². The molecule has 0 spiro atoms. The number of halogens is 4. The predicted octanol–water partition coefficient (Wildman–Crippen LogP) is 4.94. The maximum absolute atomic E-state index is 13.7. The third-order valence-electron chi connectivity index (χ3n) is 2.97. The van der Waals surface area contributed by atoms with Gasteiger partial charge in [-0.1, -0.05) is 35.3 Å². The summed E-state index contributed by atoms with van der Waals surface area (Å²) in [4.78, 5) is 4.09. The van der Waals surface area contributed by atoms with Crippen LogP contribution in [0.4, 0.5) is 31.9 Å². The molecular weight excluding hydrogens is 359 g/mol. The minimum absolute atomic E-state index is 0.0813. The molecular formula is C15H9Cl2F2N5. The van der Waals surface area contributed by atoms with Gasteiger partial charge in [-0.2, -0.15) is 10.1 Å². The van der Waals surface area contributed by atoms with E-state index in [2.05, 4.69) is 25.8 Å². The molecule has 0 amide bonds. The van der Waals surface area contributed by atoms with Gasteiger partial charge in [-0.3, -0.25) is 0 Å². The molecule has 0 saturated carbocycles. The topological polar surface area (TPSA) is 62.7 Å². The van der Waals surface area contributed by atoms with Crippen LogP contribution in [0.3, 0.4) is 0 Å². The summed E-state index contributed by atoms with van der Waals surface area (Å²) in [5.41, 5.74) is 0.143. The van der Waals surface area contributed by atoms with Crippen molar-refractivity contribution < 1.29 is 8.78 Å². The van der Waals surface area contributed by atoms with Gasteiger partial charge in [0.15, 0.2) is 5.82 Å². The Hall–Kier alpha value is -2.51. The number of hydrogen-bond acceptors (Lipinski definition) is 5. The molecule has 0 radical (unpaired) electrons. The number of nitrogens with zero attached hydrogens (tertiary/aromatic N) is 3. The van der Waals surface area contributed by atoms with Gasteiger partial charge in [0.25, 0.3) is 0 Å². The van der Waals surface area contributed by atoms with E-state index in [-0.39, 0.29) is 17.5 Å². The third-order valence-corrected chi connectivity index (χ3v) is 3.79. The molecule has 0 fully saturated rings. The van der Waals surface area contributed by atoms with Crippen LogP contribution in [0.1, 0.15) is 0 Å². The number of hydrogen-bond donors (Lipinski definition) is 2. The van der Waals surface area contributed by atoms with Gasteiger partial charge < -0.3 is 10.6 Å². The van der Waals surface area contributed by atoms with Crippen LogP contribution in [-0.2, 0) is 0 Å². The lowest BCUT2D eigenvalue weighted by atomic mass is 10.3. The Morgan fingerprint density at radius 1 is 0.917 bits per heavy atom. The van der Waals surface area contributed by atoms with Crippen LogP contribution in [0.25, 0.3) is 0 Å². The monoisotopic (exact) mass is 367 g/mol. The summed E-state index contributed by atoms with van der Waals surface area (Å²) >= 11 is 12.0. The molecule has 1 heterocycles. The first-order chi connectivity index (χ1) is 11.5. The van der Waals surface area contributed by atoms with Crippen molar-refractivity contribution in [3.05, 3.63) is 64.3 Å². The van der Waals surface area contributed by atoms with E-state index in [0.29, 0.717) is 15.7 Å². The largest absolute Gasteiger partial charge is 0.338 e. The highest BCUT2D eigenvalue weighted by Gasteiger charge is 2.11. The number of rotatable bonds is 4. The zero-order valence-electron chi connectivity index (χ0n) is 11.9. The average Bonchev–Trinajstić information content (AvgIpc) is 2.56. The fourth-order valence-corrected chi connectivity index (χ4v) is 2.23. The zero-order valence-corrected chi connectivity index (χ0v) is 13.4. The van der Waals surface area contributed by atoms with E-state index < -0.39 is 11.6 Å². The molecule has 0 atom stereocenters. The molecule has 3 rings (SSSR count). The molecule has 0 unspecified atom stereocenters. The summed E-state index contributed by atoms with van der Waals surface area (Å²) in [6.45, 7) is 0. The van der Waals surface area contributed by atoms with Crippen LogP contribution in [0, 0.1) is 11.6 Å². The standard InChI is InChI=1S/C15H9Cl2F2N5/c16-8-3-1-6-11(13(8)17)21-12-7-20-24-15(22-12)23-14-9(18)4-2-5-10(14)19/h1-7H,(H2,21,22,23,24). The van der Waals surface area contributed by atoms with Crippen molar-refractivity contribution in [3.8, 4) is 0 Å². The van der Waals surface area contributed by atoms with Crippen LogP contribution in [0.15, 0.2) is 42.6 Å². The summed E-state index contributed by atoms with van der Waals surface area (Å²) in [5.74, 6) is -1.35. The highest BCUT2D eigenvalue weighted by molar-refractivity contribution is 6.43. The molecule has 5 nitrogen and oxygen atoms in total. The normalized spacial score (nSPS) is 10.5. The molecule has 0 saturated heterocycles. The molecule has 122 valence electrons. The fourth-order valence-electron chi connectivity index (χ4n) is 1.88. The Bertz CT molecular complexity index is 871. The van der Waals surface area contributed by atoms with E-state index in [9.17, 15) is 8.78 Å². The second kappa shape index (κ2) is 6.94. The van der Waals surface area contributed by atoms with Gasteiger partial charge in [-0.05, 0) is 24.3 Å². The maximum Gasteiger partial charge on any atom is 0.249 e. The third kappa shape index (κ3) is 3.52. The Morgan fingerprint density at radius 3 is 2.38 bits per heavy atom. The number of aromatic nitrogens is 3. The Balaban J connectivity index is 1.86. The molecule has 9 heteroatoms. The Morgan fingerprint density at radius 2 is 1.62 bits per heavy atom. The van der Waals surface area contributed by atoms with Crippen molar-refractivity contribution in [2.45, 2.75) is 0 Å². The first kappa shape index (κ1) is 16.4. The second-order valence-electron chi connectivity index (χ2n) is 4.61. The molecule has 0 aliphatic rings. The van der Waals surface area contributed by atoms with Crippen molar-refractivity contribution >= 4 is 46.3 Å². The number of para-hydroxylation sites is 1. The van der Waals surface area contributed by atoms with E-state index in [0.717, 1.165) is 12.1 Å². The van der Waals surface area contributed by atoms with Crippen molar-refractivity contribution in [1.29, 1.82) is 0 Å². The molecule has 0 aliphatic heterocycles. The average molecular weight is 368 g/mol. The van der Waals surface area contributed by atoms with Gasteiger partial charge in [-0.15, -0.1) is 5.10 Å². The predicted molar refractivity (Wildman–Crippen MR) is 89.2 cm³/mol. The van der Waals surface area contributed by atoms with Crippen LogP contribution < -0.4 is 10.6 Å². The SMILES string of the molecule is Fc1cccc(F)c1Nc1nncc(Nc2cccc(Cl)c2Cl)n1. The van der Waals surface area contributed by atoms with Crippen molar-refractivity contribution in [2.75, 3.05) is 10.6 Å². The first-order valence-corrected chi connectivity index (χ1v) is 7.42. The lowest BCUT2D eigenvalue weighted by Crippen LogP contribution is -2.05. The Kier molecular flexibility index (Phi) is 4.73. The van der Waals surface area contributed by atoms with Gasteiger partial charge >= 0.3 is 0 Å². The van der Waals surface area contributed by atoms with Gasteiger partial charge in [0.05, 0.1) is 21.9 Å².